The van der Waals surface area contributed by atoms with Crippen molar-refractivity contribution >= 4 is 11.9 Å². The third-order valence-electron chi connectivity index (χ3n) is 3.89. The number of esters is 2. The number of carbonyl (C=O) groups excluding carboxylic acids is 2. The maximum Gasteiger partial charge on any atom is 0.338 e. The number of hydrogen-bond donors (Lipinski definition) is 0. The molecule has 1 aromatic carbocycles. The van der Waals surface area contributed by atoms with Gasteiger partial charge in [0.05, 0.1) is 18.5 Å². The van der Waals surface area contributed by atoms with Gasteiger partial charge in [0.1, 0.15) is 5.60 Å². The predicted molar refractivity (Wildman–Crippen MR) is 104 cm³/mol. The first-order valence-electron chi connectivity index (χ1n) is 9.95. The highest BCUT2D eigenvalue weighted by atomic mass is 16.8. The molecule has 0 spiro atoms. The fourth-order valence-corrected chi connectivity index (χ4v) is 2.58. The van der Waals surface area contributed by atoms with Crippen LogP contribution >= 0.6 is 0 Å². The molecular formula is C22H28O6. The van der Waals surface area contributed by atoms with Crippen molar-refractivity contribution in [3.63, 3.8) is 0 Å². The molecule has 0 amide bonds. The summed E-state index contributed by atoms with van der Waals surface area (Å²) in [4.78, 5) is 25.5. The molecule has 0 aromatic heterocycles. The van der Waals surface area contributed by atoms with Crippen molar-refractivity contribution in [3.05, 3.63) is 35.4 Å². The van der Waals surface area contributed by atoms with Crippen molar-refractivity contribution in [2.45, 2.75) is 71.0 Å². The zero-order chi connectivity index (χ0) is 23.0. The molecule has 1 aromatic rings. The van der Waals surface area contributed by atoms with Crippen LogP contribution in [0.15, 0.2) is 24.3 Å². The van der Waals surface area contributed by atoms with Crippen molar-refractivity contribution < 1.29 is 31.3 Å². The van der Waals surface area contributed by atoms with E-state index in [0.29, 0.717) is 0 Å². The largest absolute Gasteiger partial charge is 0.460 e. The number of hydrogen-bond acceptors (Lipinski definition) is 6. The van der Waals surface area contributed by atoms with E-state index in [1.807, 2.05) is 6.92 Å². The predicted octanol–water partition coefficient (Wildman–Crippen LogP) is 3.41. The number of rotatable bonds is 5. The summed E-state index contributed by atoms with van der Waals surface area (Å²) >= 11 is 0. The van der Waals surface area contributed by atoms with E-state index < -0.39 is 41.4 Å². The minimum Gasteiger partial charge on any atom is -0.460 e. The van der Waals surface area contributed by atoms with Gasteiger partial charge in [-0.2, -0.15) is 0 Å². The molecule has 1 fully saturated rings. The van der Waals surface area contributed by atoms with Crippen LogP contribution in [-0.2, 0) is 23.7 Å². The summed E-state index contributed by atoms with van der Waals surface area (Å²) in [7, 11) is 0. The van der Waals surface area contributed by atoms with Gasteiger partial charge in [0.25, 0.3) is 0 Å². The number of carbonyl (C=O) groups is 2. The molecule has 152 valence electrons. The first-order valence-corrected chi connectivity index (χ1v) is 8.95. The smallest absolute Gasteiger partial charge is 0.338 e. The Morgan fingerprint density at radius 2 is 1.93 bits per heavy atom. The average Bonchev–Trinajstić information content (AvgIpc) is 2.94. The summed E-state index contributed by atoms with van der Waals surface area (Å²) in [5.41, 5.74) is -1.69. The van der Waals surface area contributed by atoms with Gasteiger partial charge in [0, 0.05) is 2.74 Å². The highest BCUT2D eigenvalue weighted by Crippen LogP contribution is 2.36. The third kappa shape index (κ3) is 5.57. The fourth-order valence-electron chi connectivity index (χ4n) is 2.58. The van der Waals surface area contributed by atoms with Crippen molar-refractivity contribution in [2.24, 2.45) is 0 Å². The van der Waals surface area contributed by atoms with E-state index in [-0.39, 0.29) is 12.2 Å². The monoisotopic (exact) mass is 390 g/mol. The number of terminal acetylenes is 1. The van der Waals surface area contributed by atoms with Gasteiger partial charge in [-0.05, 0) is 53.7 Å². The van der Waals surface area contributed by atoms with Crippen LogP contribution in [-0.4, -0.2) is 41.6 Å². The lowest BCUT2D eigenvalue weighted by Gasteiger charge is -2.32. The molecule has 1 aliphatic heterocycles. The van der Waals surface area contributed by atoms with Crippen LogP contribution in [0.25, 0.3) is 0 Å². The normalized spacial score (nSPS) is 23.8. The van der Waals surface area contributed by atoms with Crippen LogP contribution in [0.3, 0.4) is 0 Å². The summed E-state index contributed by atoms with van der Waals surface area (Å²) in [6, 6.07) is 6.50. The van der Waals surface area contributed by atoms with Crippen LogP contribution in [0, 0.1) is 19.3 Å². The Bertz CT molecular complexity index is 848. The van der Waals surface area contributed by atoms with Crippen molar-refractivity contribution in [1.82, 2.24) is 0 Å². The second-order valence-electron chi connectivity index (χ2n) is 8.12. The Kier molecular flexibility index (Phi) is 5.38. The number of ether oxygens (including phenoxy) is 4. The first kappa shape index (κ1) is 19.0. The van der Waals surface area contributed by atoms with E-state index >= 15 is 0 Å². The minimum atomic E-state index is -2.82. The van der Waals surface area contributed by atoms with Gasteiger partial charge < -0.3 is 18.9 Å². The van der Waals surface area contributed by atoms with Gasteiger partial charge in [-0.1, -0.05) is 23.6 Å². The zero-order valence-corrected chi connectivity index (χ0v) is 17.1. The molecule has 2 rings (SSSR count). The highest BCUT2D eigenvalue weighted by molar-refractivity contribution is 5.89. The SMILES string of the molecule is [2H]C([2H])(C(=O)OC(C)(C)C)[C@H](OC(=O)c1ccc(C)cc1)[C@@]1(C#C)COC(C)(C)O1. The standard InChI is InChI=1S/C22H28O6/c1-8-22(14-25-21(6,7)28-22)17(13-18(23)27-20(3,4)5)26-19(24)16-11-9-15(2)10-12-16/h1,9-12,17H,13-14H2,2-7H3/t17-,22+/m0/s1/i13D2. The van der Waals surface area contributed by atoms with E-state index in [9.17, 15) is 9.59 Å². The molecule has 0 radical (unpaired) electrons. The molecule has 0 bridgehead atoms. The summed E-state index contributed by atoms with van der Waals surface area (Å²) < 4.78 is 39.0. The van der Waals surface area contributed by atoms with Gasteiger partial charge in [0.15, 0.2) is 17.5 Å². The molecule has 1 heterocycles. The third-order valence-corrected chi connectivity index (χ3v) is 3.89. The maximum atomic E-state index is 12.8. The Morgan fingerprint density at radius 3 is 2.39 bits per heavy atom. The fraction of sp³-hybridized carbons (Fsp3) is 0.545. The van der Waals surface area contributed by atoms with Gasteiger partial charge in [-0.3, -0.25) is 4.79 Å². The summed E-state index contributed by atoms with van der Waals surface area (Å²) in [5, 5.41) is 0. The summed E-state index contributed by atoms with van der Waals surface area (Å²) in [6.07, 6.45) is 1.05. The maximum absolute atomic E-state index is 12.8. The quantitative estimate of drug-likeness (QED) is 0.567. The molecule has 0 N–H and O–H groups in total. The first-order chi connectivity index (χ1) is 13.6. The molecule has 0 aliphatic carbocycles. The number of benzene rings is 1. The summed E-state index contributed by atoms with van der Waals surface area (Å²) in [6.45, 7) is 9.57. The summed E-state index contributed by atoms with van der Waals surface area (Å²) in [5.74, 6) is -0.885. The van der Waals surface area contributed by atoms with Crippen molar-refractivity contribution in [3.8, 4) is 12.3 Å². The minimum absolute atomic E-state index is 0.177. The van der Waals surface area contributed by atoms with E-state index in [4.69, 9.17) is 28.1 Å². The van der Waals surface area contributed by atoms with Gasteiger partial charge in [-0.25, -0.2) is 4.79 Å². The van der Waals surface area contributed by atoms with Crippen LogP contribution in [0.5, 0.6) is 0 Å². The van der Waals surface area contributed by atoms with Crippen LogP contribution in [0.1, 0.15) is 59.7 Å². The molecular weight excluding hydrogens is 360 g/mol. The van der Waals surface area contributed by atoms with Gasteiger partial charge in [0.2, 0.25) is 0 Å². The molecule has 2 atom stereocenters. The van der Waals surface area contributed by atoms with E-state index in [0.717, 1.165) is 5.56 Å². The molecule has 6 nitrogen and oxygen atoms in total. The molecule has 6 heteroatoms. The molecule has 28 heavy (non-hydrogen) atoms. The zero-order valence-electron chi connectivity index (χ0n) is 19.1. The molecule has 1 aliphatic rings. The van der Waals surface area contributed by atoms with Crippen LogP contribution in [0.2, 0.25) is 0 Å². The van der Waals surface area contributed by atoms with Gasteiger partial charge >= 0.3 is 11.9 Å². The van der Waals surface area contributed by atoms with E-state index in [1.165, 1.54) is 12.1 Å². The Hall–Kier alpha value is -2.36. The second-order valence-corrected chi connectivity index (χ2v) is 8.12. The Balaban J connectivity index is 2.47. The molecule has 0 unspecified atom stereocenters. The topological polar surface area (TPSA) is 71.1 Å². The van der Waals surface area contributed by atoms with Gasteiger partial charge in [-0.15, -0.1) is 6.42 Å². The molecule has 1 saturated heterocycles. The van der Waals surface area contributed by atoms with E-state index in [1.54, 1.807) is 46.8 Å². The number of aryl methyl sites for hydroxylation is 1. The van der Waals surface area contributed by atoms with Crippen LogP contribution in [0.4, 0.5) is 0 Å². The Labute approximate surface area is 169 Å². The van der Waals surface area contributed by atoms with E-state index in [2.05, 4.69) is 5.92 Å². The second kappa shape index (κ2) is 7.94. The lowest BCUT2D eigenvalue weighted by Crippen LogP contribution is -2.48. The van der Waals surface area contributed by atoms with Crippen LogP contribution < -0.4 is 0 Å². The average molecular weight is 390 g/mol. The Morgan fingerprint density at radius 1 is 1.32 bits per heavy atom. The lowest BCUT2D eigenvalue weighted by molar-refractivity contribution is -0.177. The lowest BCUT2D eigenvalue weighted by atomic mass is 9.95. The van der Waals surface area contributed by atoms with Crippen molar-refractivity contribution in [2.75, 3.05) is 6.61 Å². The molecule has 0 saturated carbocycles. The highest BCUT2D eigenvalue weighted by Gasteiger charge is 2.52. The van der Waals surface area contributed by atoms with Crippen molar-refractivity contribution in [1.29, 1.82) is 0 Å².